The minimum absolute atomic E-state index is 0.290. The van der Waals surface area contributed by atoms with Gasteiger partial charge in [-0.25, -0.2) is 9.37 Å². The van der Waals surface area contributed by atoms with Crippen LogP contribution in [0, 0.1) is 5.82 Å². The van der Waals surface area contributed by atoms with E-state index in [2.05, 4.69) is 4.98 Å². The average molecular weight is 221 g/mol. The lowest BCUT2D eigenvalue weighted by atomic mass is 10.3. The maximum atomic E-state index is 13.1. The molecule has 74 valence electrons. The van der Waals surface area contributed by atoms with Gasteiger partial charge in [0, 0.05) is 11.2 Å². The van der Waals surface area contributed by atoms with Gasteiger partial charge in [-0.3, -0.25) is 4.40 Å². The van der Waals surface area contributed by atoms with Gasteiger partial charge >= 0.3 is 0 Å². The zero-order valence-corrected chi connectivity index (χ0v) is 8.37. The van der Waals surface area contributed by atoms with Crippen molar-refractivity contribution < 1.29 is 4.39 Å². The van der Waals surface area contributed by atoms with Crippen molar-refractivity contribution >= 4 is 28.3 Å². The minimum atomic E-state index is -0.290. The number of benzene rings is 1. The third-order valence-electron chi connectivity index (χ3n) is 2.32. The third-order valence-corrected chi connectivity index (χ3v) is 2.56. The molecule has 0 saturated carbocycles. The van der Waals surface area contributed by atoms with Gasteiger partial charge in [-0.2, -0.15) is 0 Å². The molecular weight excluding hydrogens is 215 g/mol. The first-order valence-electron chi connectivity index (χ1n) is 4.47. The van der Waals surface area contributed by atoms with Gasteiger partial charge in [0.1, 0.15) is 11.5 Å². The lowest BCUT2D eigenvalue weighted by molar-refractivity contribution is 0.620. The zero-order valence-electron chi connectivity index (χ0n) is 7.61. The second-order valence-corrected chi connectivity index (χ2v) is 3.76. The van der Waals surface area contributed by atoms with E-state index in [1.807, 2.05) is 6.07 Å². The molecule has 4 heteroatoms. The number of hydrogen-bond acceptors (Lipinski definition) is 1. The highest BCUT2D eigenvalue weighted by Crippen LogP contribution is 2.20. The summed E-state index contributed by atoms with van der Waals surface area (Å²) >= 11 is 5.88. The van der Waals surface area contributed by atoms with Crippen molar-refractivity contribution in [1.29, 1.82) is 0 Å². The fraction of sp³-hybridized carbons (Fsp3) is 0. The predicted octanol–water partition coefficient (Wildman–Crippen LogP) is 3.28. The quantitative estimate of drug-likeness (QED) is 0.568. The smallest absolute Gasteiger partial charge is 0.139 e. The third kappa shape index (κ3) is 1.27. The van der Waals surface area contributed by atoms with E-state index >= 15 is 0 Å². The fourth-order valence-electron chi connectivity index (χ4n) is 1.66. The van der Waals surface area contributed by atoms with E-state index in [4.69, 9.17) is 11.6 Å². The molecule has 0 fully saturated rings. The van der Waals surface area contributed by atoms with E-state index in [0.29, 0.717) is 10.7 Å². The largest absolute Gasteiger partial charge is 0.297 e. The van der Waals surface area contributed by atoms with Gasteiger partial charge < -0.3 is 0 Å². The van der Waals surface area contributed by atoms with E-state index in [1.54, 1.807) is 22.6 Å². The molecule has 3 aromatic rings. The lowest BCUT2D eigenvalue weighted by Crippen LogP contribution is -1.85. The molecule has 0 amide bonds. The molecule has 0 N–H and O–H groups in total. The zero-order chi connectivity index (χ0) is 10.4. The summed E-state index contributed by atoms with van der Waals surface area (Å²) in [5, 5.41) is 0.619. The summed E-state index contributed by atoms with van der Waals surface area (Å²) in [5.41, 5.74) is 2.34. The Kier molecular flexibility index (Phi) is 1.70. The SMILES string of the molecule is Fc1ccc2nc3ccc(Cl)cc3n2c1. The van der Waals surface area contributed by atoms with Crippen molar-refractivity contribution in [2.45, 2.75) is 0 Å². The molecule has 1 aromatic carbocycles. The number of fused-ring (bicyclic) bond motifs is 3. The number of nitrogens with zero attached hydrogens (tertiary/aromatic N) is 2. The Hall–Kier alpha value is -1.61. The van der Waals surface area contributed by atoms with E-state index in [-0.39, 0.29) is 5.82 Å². The summed E-state index contributed by atoms with van der Waals surface area (Å²) in [6.45, 7) is 0. The number of hydrogen-bond donors (Lipinski definition) is 0. The Morgan fingerprint density at radius 2 is 2.07 bits per heavy atom. The van der Waals surface area contributed by atoms with Crippen LogP contribution in [0.1, 0.15) is 0 Å². The van der Waals surface area contributed by atoms with Gasteiger partial charge in [-0.15, -0.1) is 0 Å². The highest BCUT2D eigenvalue weighted by molar-refractivity contribution is 6.31. The van der Waals surface area contributed by atoms with Crippen LogP contribution in [0.25, 0.3) is 16.7 Å². The minimum Gasteiger partial charge on any atom is -0.297 e. The van der Waals surface area contributed by atoms with Gasteiger partial charge in [0.25, 0.3) is 0 Å². The Bertz CT molecular complexity index is 604. The molecule has 0 radical (unpaired) electrons. The molecule has 2 heterocycles. The monoisotopic (exact) mass is 220 g/mol. The molecule has 0 unspecified atom stereocenters. The Morgan fingerprint density at radius 1 is 1.20 bits per heavy atom. The molecule has 2 aromatic heterocycles. The number of imidazole rings is 1. The van der Waals surface area contributed by atoms with Crippen LogP contribution in [-0.2, 0) is 0 Å². The van der Waals surface area contributed by atoms with Crippen LogP contribution in [0.4, 0.5) is 4.39 Å². The molecule has 0 aliphatic carbocycles. The van der Waals surface area contributed by atoms with Gasteiger partial charge in [-0.1, -0.05) is 11.6 Å². The molecule has 0 spiro atoms. The summed E-state index contributed by atoms with van der Waals surface area (Å²) < 4.78 is 14.8. The fourth-order valence-corrected chi connectivity index (χ4v) is 1.82. The summed E-state index contributed by atoms with van der Waals surface area (Å²) in [4.78, 5) is 4.34. The van der Waals surface area contributed by atoms with Gasteiger partial charge in [-0.05, 0) is 30.3 Å². The highest BCUT2D eigenvalue weighted by Gasteiger charge is 2.04. The number of aromatic nitrogens is 2. The number of halogens is 2. The molecule has 15 heavy (non-hydrogen) atoms. The van der Waals surface area contributed by atoms with Crippen molar-refractivity contribution in [2.24, 2.45) is 0 Å². The van der Waals surface area contributed by atoms with Gasteiger partial charge in [0.2, 0.25) is 0 Å². The topological polar surface area (TPSA) is 17.3 Å². The Morgan fingerprint density at radius 3 is 2.93 bits per heavy atom. The van der Waals surface area contributed by atoms with E-state index in [9.17, 15) is 4.39 Å². The number of rotatable bonds is 0. The van der Waals surface area contributed by atoms with Crippen LogP contribution in [-0.4, -0.2) is 9.38 Å². The number of pyridine rings is 1. The summed E-state index contributed by atoms with van der Waals surface area (Å²) in [7, 11) is 0. The molecule has 3 rings (SSSR count). The molecule has 0 aliphatic heterocycles. The van der Waals surface area contributed by atoms with E-state index in [0.717, 1.165) is 11.0 Å². The van der Waals surface area contributed by atoms with Crippen molar-refractivity contribution in [3.05, 3.63) is 47.4 Å². The maximum Gasteiger partial charge on any atom is 0.139 e. The summed E-state index contributed by atoms with van der Waals surface area (Å²) in [6, 6.07) is 8.40. The first-order chi connectivity index (χ1) is 7.24. The molecule has 2 nitrogen and oxygen atoms in total. The average Bonchev–Trinajstić information content (AvgIpc) is 2.56. The van der Waals surface area contributed by atoms with Crippen LogP contribution in [0.15, 0.2) is 36.5 Å². The second kappa shape index (κ2) is 2.94. The molecule has 0 atom stereocenters. The van der Waals surface area contributed by atoms with Crippen LogP contribution >= 0.6 is 11.6 Å². The van der Waals surface area contributed by atoms with Crippen molar-refractivity contribution in [3.63, 3.8) is 0 Å². The van der Waals surface area contributed by atoms with Crippen LogP contribution < -0.4 is 0 Å². The Balaban J connectivity index is 2.55. The summed E-state index contributed by atoms with van der Waals surface area (Å²) in [6.07, 6.45) is 1.40. The van der Waals surface area contributed by atoms with Crippen molar-refractivity contribution in [2.75, 3.05) is 0 Å². The molecular formula is C11H6ClFN2. The van der Waals surface area contributed by atoms with Crippen molar-refractivity contribution in [1.82, 2.24) is 9.38 Å². The first kappa shape index (κ1) is 8.68. The molecule has 0 saturated heterocycles. The summed E-state index contributed by atoms with van der Waals surface area (Å²) in [5.74, 6) is -0.290. The highest BCUT2D eigenvalue weighted by atomic mass is 35.5. The molecule has 0 bridgehead atoms. The Labute approximate surface area is 89.9 Å². The van der Waals surface area contributed by atoms with Gasteiger partial charge in [0.15, 0.2) is 0 Å². The van der Waals surface area contributed by atoms with E-state index in [1.165, 1.54) is 12.3 Å². The van der Waals surface area contributed by atoms with Crippen LogP contribution in [0.2, 0.25) is 5.02 Å². The van der Waals surface area contributed by atoms with Crippen LogP contribution in [0.3, 0.4) is 0 Å². The maximum absolute atomic E-state index is 13.1. The van der Waals surface area contributed by atoms with Crippen LogP contribution in [0.5, 0.6) is 0 Å². The predicted molar refractivity (Wildman–Crippen MR) is 57.7 cm³/mol. The first-order valence-corrected chi connectivity index (χ1v) is 4.85. The standard InChI is InChI=1S/C11H6ClFN2/c12-7-1-3-9-10(5-7)15-6-8(13)2-4-11(15)14-9/h1-6H. The van der Waals surface area contributed by atoms with Crippen molar-refractivity contribution in [3.8, 4) is 0 Å². The van der Waals surface area contributed by atoms with Gasteiger partial charge in [0.05, 0.1) is 11.0 Å². The normalized spacial score (nSPS) is 11.3. The lowest BCUT2D eigenvalue weighted by Gasteiger charge is -1.95. The molecule has 0 aliphatic rings. The second-order valence-electron chi connectivity index (χ2n) is 3.32. The van der Waals surface area contributed by atoms with E-state index < -0.39 is 0 Å².